The van der Waals surface area contributed by atoms with Crippen LogP contribution >= 0.6 is 0 Å². The van der Waals surface area contributed by atoms with E-state index in [1.807, 2.05) is 24.7 Å². The van der Waals surface area contributed by atoms with Gasteiger partial charge in [0, 0.05) is 24.1 Å². The highest BCUT2D eigenvalue weighted by Crippen LogP contribution is 2.20. The Hall–Kier alpha value is -1.77. The van der Waals surface area contributed by atoms with Crippen LogP contribution in [-0.2, 0) is 13.0 Å². The average molecular weight is 243 g/mol. The second kappa shape index (κ2) is 4.84. The number of nitrogens with two attached hydrogens (primary N) is 1. The van der Waals surface area contributed by atoms with Gasteiger partial charge in [0.1, 0.15) is 0 Å². The van der Waals surface area contributed by atoms with E-state index in [4.69, 9.17) is 5.73 Å². The molecule has 3 nitrogen and oxygen atoms in total. The number of hydrogen-bond acceptors (Lipinski definition) is 2. The zero-order valence-electron chi connectivity index (χ0n) is 11.4. The number of imidazole rings is 1. The van der Waals surface area contributed by atoms with Crippen LogP contribution in [-0.4, -0.2) is 9.55 Å². The van der Waals surface area contributed by atoms with E-state index in [0.29, 0.717) is 0 Å². The van der Waals surface area contributed by atoms with Crippen LogP contribution in [0.25, 0.3) is 0 Å². The molecule has 1 heterocycles. The number of aromatic nitrogens is 2. The van der Waals surface area contributed by atoms with E-state index < -0.39 is 0 Å². The van der Waals surface area contributed by atoms with Gasteiger partial charge in [-0.15, -0.1) is 0 Å². The summed E-state index contributed by atoms with van der Waals surface area (Å²) >= 11 is 0. The van der Waals surface area contributed by atoms with Crippen molar-refractivity contribution in [1.82, 2.24) is 9.55 Å². The highest BCUT2D eigenvalue weighted by Gasteiger charge is 2.14. The number of nitrogen functional groups attached to an aromatic ring is 1. The Morgan fingerprint density at radius 3 is 2.44 bits per heavy atom. The molecule has 0 radical (unpaired) electrons. The van der Waals surface area contributed by atoms with Crippen LogP contribution < -0.4 is 5.73 Å². The number of anilines is 1. The van der Waals surface area contributed by atoms with Crippen LogP contribution in [0.3, 0.4) is 0 Å². The Bertz CT molecular complexity index is 503. The molecule has 0 bridgehead atoms. The third-order valence-corrected chi connectivity index (χ3v) is 2.84. The summed E-state index contributed by atoms with van der Waals surface area (Å²) in [6.45, 7) is 7.58. The van der Waals surface area contributed by atoms with Gasteiger partial charge in [-0.2, -0.15) is 0 Å². The van der Waals surface area contributed by atoms with E-state index in [0.717, 1.165) is 18.7 Å². The number of nitrogens with zero attached hydrogens (tertiary/aromatic N) is 2. The SMILES string of the molecule is CC(C)(C)Cc1cncn1Cc1ccc(N)cc1. The van der Waals surface area contributed by atoms with Crippen LogP contribution in [0.1, 0.15) is 32.0 Å². The summed E-state index contributed by atoms with van der Waals surface area (Å²) in [7, 11) is 0. The maximum atomic E-state index is 5.69. The molecular weight excluding hydrogens is 222 g/mol. The van der Waals surface area contributed by atoms with Gasteiger partial charge in [0.15, 0.2) is 0 Å². The Labute approximate surface area is 109 Å². The molecule has 0 aliphatic carbocycles. The van der Waals surface area contributed by atoms with Gasteiger partial charge in [0.2, 0.25) is 0 Å². The minimum absolute atomic E-state index is 0.277. The van der Waals surface area contributed by atoms with Gasteiger partial charge >= 0.3 is 0 Å². The van der Waals surface area contributed by atoms with Gasteiger partial charge in [0.25, 0.3) is 0 Å². The second-order valence-electron chi connectivity index (χ2n) is 5.99. The molecule has 0 fully saturated rings. The van der Waals surface area contributed by atoms with Gasteiger partial charge < -0.3 is 10.3 Å². The average Bonchev–Trinajstić information content (AvgIpc) is 2.67. The van der Waals surface area contributed by atoms with Crippen molar-refractivity contribution in [3.63, 3.8) is 0 Å². The van der Waals surface area contributed by atoms with Gasteiger partial charge in [-0.3, -0.25) is 0 Å². The van der Waals surface area contributed by atoms with Crippen molar-refractivity contribution < 1.29 is 0 Å². The molecule has 96 valence electrons. The van der Waals surface area contributed by atoms with Crippen molar-refractivity contribution in [2.45, 2.75) is 33.7 Å². The van der Waals surface area contributed by atoms with Crippen molar-refractivity contribution in [2.24, 2.45) is 5.41 Å². The van der Waals surface area contributed by atoms with Gasteiger partial charge in [-0.05, 0) is 29.5 Å². The molecule has 0 aliphatic rings. The van der Waals surface area contributed by atoms with Crippen molar-refractivity contribution >= 4 is 5.69 Å². The molecule has 0 saturated carbocycles. The van der Waals surface area contributed by atoms with Crippen LogP contribution in [0.5, 0.6) is 0 Å². The largest absolute Gasteiger partial charge is 0.399 e. The third kappa shape index (κ3) is 3.36. The summed E-state index contributed by atoms with van der Waals surface area (Å²) in [5.74, 6) is 0. The van der Waals surface area contributed by atoms with Crippen LogP contribution in [0.4, 0.5) is 5.69 Å². The lowest BCUT2D eigenvalue weighted by Crippen LogP contribution is -2.13. The minimum atomic E-state index is 0.277. The fourth-order valence-electron chi connectivity index (χ4n) is 2.00. The number of hydrogen-bond donors (Lipinski definition) is 1. The Morgan fingerprint density at radius 2 is 1.83 bits per heavy atom. The standard InChI is InChI=1S/C15H21N3/c1-15(2,3)8-14-9-17-11-18(14)10-12-4-6-13(16)7-5-12/h4-7,9,11H,8,10,16H2,1-3H3. The number of benzene rings is 1. The highest BCUT2D eigenvalue weighted by molar-refractivity contribution is 5.39. The second-order valence-corrected chi connectivity index (χ2v) is 5.99. The minimum Gasteiger partial charge on any atom is -0.399 e. The van der Waals surface area contributed by atoms with Crippen LogP contribution in [0.15, 0.2) is 36.8 Å². The van der Waals surface area contributed by atoms with E-state index in [1.54, 1.807) is 0 Å². The molecule has 0 aliphatic heterocycles. The maximum absolute atomic E-state index is 5.69. The fraction of sp³-hybridized carbons (Fsp3) is 0.400. The molecule has 1 aromatic heterocycles. The molecule has 0 unspecified atom stereocenters. The quantitative estimate of drug-likeness (QED) is 0.842. The Balaban J connectivity index is 2.15. The molecule has 3 heteroatoms. The molecular formula is C15H21N3. The van der Waals surface area contributed by atoms with Gasteiger partial charge in [-0.1, -0.05) is 32.9 Å². The smallest absolute Gasteiger partial charge is 0.0951 e. The molecule has 0 atom stereocenters. The van der Waals surface area contributed by atoms with E-state index in [9.17, 15) is 0 Å². The summed E-state index contributed by atoms with van der Waals surface area (Å²) < 4.78 is 2.21. The van der Waals surface area contributed by atoms with Crippen LogP contribution in [0.2, 0.25) is 0 Å². The first-order chi connectivity index (χ1) is 8.44. The summed E-state index contributed by atoms with van der Waals surface area (Å²) in [4.78, 5) is 4.26. The predicted molar refractivity (Wildman–Crippen MR) is 75.3 cm³/mol. The summed E-state index contributed by atoms with van der Waals surface area (Å²) in [5.41, 5.74) is 9.30. The lowest BCUT2D eigenvalue weighted by molar-refractivity contribution is 0.399. The zero-order chi connectivity index (χ0) is 13.2. The summed E-state index contributed by atoms with van der Waals surface area (Å²) in [6.07, 6.45) is 4.89. The van der Waals surface area contributed by atoms with E-state index in [-0.39, 0.29) is 5.41 Å². The van der Waals surface area contributed by atoms with Crippen molar-refractivity contribution in [3.05, 3.63) is 48.0 Å². The maximum Gasteiger partial charge on any atom is 0.0951 e. The molecule has 18 heavy (non-hydrogen) atoms. The first-order valence-corrected chi connectivity index (χ1v) is 6.27. The molecule has 2 rings (SSSR count). The summed E-state index contributed by atoms with van der Waals surface area (Å²) in [5, 5.41) is 0. The Morgan fingerprint density at radius 1 is 1.17 bits per heavy atom. The lowest BCUT2D eigenvalue weighted by atomic mass is 9.91. The van der Waals surface area contributed by atoms with E-state index in [1.165, 1.54) is 11.3 Å². The van der Waals surface area contributed by atoms with Crippen molar-refractivity contribution in [3.8, 4) is 0 Å². The van der Waals surface area contributed by atoms with E-state index >= 15 is 0 Å². The first-order valence-electron chi connectivity index (χ1n) is 6.27. The van der Waals surface area contributed by atoms with Crippen molar-refractivity contribution in [2.75, 3.05) is 5.73 Å². The third-order valence-electron chi connectivity index (χ3n) is 2.84. The van der Waals surface area contributed by atoms with E-state index in [2.05, 4.69) is 42.5 Å². The predicted octanol–water partition coefficient (Wildman–Crippen LogP) is 3.10. The molecule has 1 aromatic carbocycles. The first kappa shape index (κ1) is 12.7. The molecule has 0 amide bonds. The topological polar surface area (TPSA) is 43.8 Å². The van der Waals surface area contributed by atoms with Gasteiger partial charge in [-0.25, -0.2) is 4.98 Å². The van der Waals surface area contributed by atoms with Crippen LogP contribution in [0, 0.1) is 5.41 Å². The highest BCUT2D eigenvalue weighted by atomic mass is 15.0. The Kier molecular flexibility index (Phi) is 3.41. The summed E-state index contributed by atoms with van der Waals surface area (Å²) in [6, 6.07) is 8.01. The molecule has 0 saturated heterocycles. The fourth-order valence-corrected chi connectivity index (χ4v) is 2.00. The number of rotatable bonds is 3. The molecule has 0 spiro atoms. The molecule has 2 aromatic rings. The zero-order valence-corrected chi connectivity index (χ0v) is 11.4. The van der Waals surface area contributed by atoms with Crippen molar-refractivity contribution in [1.29, 1.82) is 0 Å². The normalized spacial score (nSPS) is 11.7. The molecule has 2 N–H and O–H groups in total. The monoisotopic (exact) mass is 243 g/mol. The lowest BCUT2D eigenvalue weighted by Gasteiger charge is -2.19. The van der Waals surface area contributed by atoms with Gasteiger partial charge in [0.05, 0.1) is 6.33 Å².